The number of nitrogens with zero attached hydrogens (tertiary/aromatic N) is 2. The van der Waals surface area contributed by atoms with Crippen LogP contribution >= 0.6 is 0 Å². The number of piperidine rings is 1. The SMILES string of the molecule is c1ccc(N2CNCC23CCN(C2CCc4cccc5cccc2c45)CC3)cc1. The second-order valence-corrected chi connectivity index (χ2v) is 9.03. The molecule has 29 heavy (non-hydrogen) atoms. The van der Waals surface area contributed by atoms with Gasteiger partial charge in [0.1, 0.15) is 0 Å². The van der Waals surface area contributed by atoms with E-state index in [1.807, 2.05) is 0 Å². The zero-order chi connectivity index (χ0) is 19.3. The molecule has 3 aromatic carbocycles. The molecule has 2 saturated heterocycles. The Bertz CT molecular complexity index is 1020. The largest absolute Gasteiger partial charge is 0.352 e. The van der Waals surface area contributed by atoms with Crippen LogP contribution in [-0.2, 0) is 6.42 Å². The minimum absolute atomic E-state index is 0.274. The van der Waals surface area contributed by atoms with E-state index < -0.39 is 0 Å². The molecule has 0 saturated carbocycles. The topological polar surface area (TPSA) is 18.5 Å². The van der Waals surface area contributed by atoms with Crippen molar-refractivity contribution in [3.8, 4) is 0 Å². The van der Waals surface area contributed by atoms with Crippen molar-refractivity contribution in [2.24, 2.45) is 0 Å². The molecule has 148 valence electrons. The lowest BCUT2D eigenvalue weighted by Crippen LogP contribution is -2.54. The molecular weight excluding hydrogens is 354 g/mol. The van der Waals surface area contributed by atoms with Crippen LogP contribution in [0.25, 0.3) is 10.8 Å². The monoisotopic (exact) mass is 383 g/mol. The van der Waals surface area contributed by atoms with E-state index in [9.17, 15) is 0 Å². The van der Waals surface area contributed by atoms with Crippen LogP contribution in [0.1, 0.15) is 36.4 Å². The summed E-state index contributed by atoms with van der Waals surface area (Å²) >= 11 is 0. The maximum atomic E-state index is 3.66. The smallest absolute Gasteiger partial charge is 0.0689 e. The van der Waals surface area contributed by atoms with Crippen molar-refractivity contribution in [2.75, 3.05) is 31.2 Å². The molecule has 2 heterocycles. The quantitative estimate of drug-likeness (QED) is 0.690. The van der Waals surface area contributed by atoms with Crippen LogP contribution in [0.15, 0.2) is 66.7 Å². The van der Waals surface area contributed by atoms with Crippen LogP contribution in [0.5, 0.6) is 0 Å². The van der Waals surface area contributed by atoms with Crippen molar-refractivity contribution in [1.29, 1.82) is 0 Å². The first kappa shape index (κ1) is 17.5. The first-order chi connectivity index (χ1) is 14.3. The van der Waals surface area contributed by atoms with Crippen LogP contribution in [0.4, 0.5) is 5.69 Å². The highest BCUT2D eigenvalue weighted by atomic mass is 15.4. The summed E-state index contributed by atoms with van der Waals surface area (Å²) in [5.74, 6) is 0. The molecule has 1 unspecified atom stereocenters. The molecule has 6 rings (SSSR count). The van der Waals surface area contributed by atoms with Crippen molar-refractivity contribution < 1.29 is 0 Å². The molecule has 2 aliphatic heterocycles. The van der Waals surface area contributed by atoms with Gasteiger partial charge in [0.25, 0.3) is 0 Å². The van der Waals surface area contributed by atoms with Gasteiger partial charge in [0, 0.05) is 31.4 Å². The first-order valence-electron chi connectivity index (χ1n) is 11.1. The van der Waals surface area contributed by atoms with Gasteiger partial charge in [-0.05, 0) is 59.7 Å². The van der Waals surface area contributed by atoms with Crippen LogP contribution in [0, 0.1) is 0 Å². The van der Waals surface area contributed by atoms with Crippen molar-refractivity contribution >= 4 is 16.5 Å². The number of likely N-dealkylation sites (tertiary alicyclic amines) is 1. The Balaban J connectivity index is 1.26. The molecule has 0 radical (unpaired) electrons. The van der Waals surface area contributed by atoms with Gasteiger partial charge in [-0.1, -0.05) is 54.6 Å². The Morgan fingerprint density at radius 3 is 2.48 bits per heavy atom. The number of para-hydroxylation sites is 1. The fraction of sp³-hybridized carbons (Fsp3) is 0.385. The highest BCUT2D eigenvalue weighted by Gasteiger charge is 2.44. The molecule has 1 N–H and O–H groups in total. The molecule has 3 aromatic rings. The summed E-state index contributed by atoms with van der Waals surface area (Å²) < 4.78 is 0. The first-order valence-corrected chi connectivity index (χ1v) is 11.1. The number of aryl methyl sites for hydroxylation is 1. The number of benzene rings is 3. The summed E-state index contributed by atoms with van der Waals surface area (Å²) in [6, 6.07) is 25.3. The zero-order valence-electron chi connectivity index (χ0n) is 17.0. The summed E-state index contributed by atoms with van der Waals surface area (Å²) in [4.78, 5) is 5.40. The van der Waals surface area contributed by atoms with Gasteiger partial charge in [-0.25, -0.2) is 0 Å². The van der Waals surface area contributed by atoms with E-state index in [2.05, 4.69) is 81.8 Å². The van der Waals surface area contributed by atoms with E-state index in [0.29, 0.717) is 6.04 Å². The van der Waals surface area contributed by atoms with E-state index in [1.165, 1.54) is 60.8 Å². The highest BCUT2D eigenvalue weighted by Crippen LogP contribution is 2.42. The minimum Gasteiger partial charge on any atom is -0.352 e. The third-order valence-corrected chi connectivity index (χ3v) is 7.60. The van der Waals surface area contributed by atoms with Gasteiger partial charge in [-0.3, -0.25) is 10.2 Å². The van der Waals surface area contributed by atoms with Crippen molar-refractivity contribution in [3.63, 3.8) is 0 Å². The van der Waals surface area contributed by atoms with Crippen molar-refractivity contribution in [2.45, 2.75) is 37.3 Å². The summed E-state index contributed by atoms with van der Waals surface area (Å²) in [5, 5.41) is 6.60. The third kappa shape index (κ3) is 2.79. The maximum absolute atomic E-state index is 3.66. The lowest BCUT2D eigenvalue weighted by atomic mass is 9.81. The average Bonchev–Trinajstić information content (AvgIpc) is 3.19. The van der Waals surface area contributed by atoms with E-state index in [-0.39, 0.29) is 5.54 Å². The van der Waals surface area contributed by atoms with Gasteiger partial charge < -0.3 is 4.90 Å². The normalized spacial score (nSPS) is 23.7. The maximum Gasteiger partial charge on any atom is 0.0689 e. The Labute approximate surface area is 173 Å². The fourth-order valence-corrected chi connectivity index (χ4v) is 6.10. The Kier molecular flexibility index (Phi) is 4.14. The molecule has 1 aliphatic carbocycles. The summed E-state index contributed by atoms with van der Waals surface area (Å²) in [6.07, 6.45) is 4.94. The van der Waals surface area contributed by atoms with Gasteiger partial charge in [0.2, 0.25) is 0 Å². The van der Waals surface area contributed by atoms with Crippen LogP contribution in [-0.4, -0.2) is 36.7 Å². The van der Waals surface area contributed by atoms with Gasteiger partial charge in [0.05, 0.1) is 12.2 Å². The predicted octanol–water partition coefficient (Wildman–Crippen LogP) is 4.73. The molecule has 3 aliphatic rings. The Morgan fingerprint density at radius 1 is 0.862 bits per heavy atom. The summed E-state index contributed by atoms with van der Waals surface area (Å²) in [5.41, 5.74) is 4.74. The molecule has 3 nitrogen and oxygen atoms in total. The fourth-order valence-electron chi connectivity index (χ4n) is 6.10. The molecule has 0 amide bonds. The lowest BCUT2D eigenvalue weighted by Gasteiger charge is -2.48. The second-order valence-electron chi connectivity index (χ2n) is 9.03. The standard InChI is InChI=1S/C26H29N3/c1-2-9-22(10-3-1)29-19-27-18-26(29)14-16-28(17-15-26)24-13-12-21-7-4-6-20-8-5-11-23(24)25(20)21/h1-11,24,27H,12-19H2. The number of hydrogen-bond acceptors (Lipinski definition) is 3. The zero-order valence-corrected chi connectivity index (χ0v) is 17.0. The highest BCUT2D eigenvalue weighted by molar-refractivity contribution is 5.90. The summed E-state index contributed by atoms with van der Waals surface area (Å²) in [6.45, 7) is 4.46. The van der Waals surface area contributed by atoms with Crippen LogP contribution in [0.3, 0.4) is 0 Å². The van der Waals surface area contributed by atoms with Crippen molar-refractivity contribution in [1.82, 2.24) is 10.2 Å². The van der Waals surface area contributed by atoms with Crippen LogP contribution in [0.2, 0.25) is 0 Å². The number of anilines is 1. The molecule has 1 atom stereocenters. The van der Waals surface area contributed by atoms with Crippen molar-refractivity contribution in [3.05, 3.63) is 77.9 Å². The number of nitrogens with one attached hydrogen (secondary N) is 1. The van der Waals surface area contributed by atoms with E-state index >= 15 is 0 Å². The average molecular weight is 384 g/mol. The molecule has 0 bridgehead atoms. The second kappa shape index (κ2) is 6.86. The predicted molar refractivity (Wildman–Crippen MR) is 120 cm³/mol. The molecule has 1 spiro atoms. The van der Waals surface area contributed by atoms with Gasteiger partial charge in [0.15, 0.2) is 0 Å². The Morgan fingerprint density at radius 2 is 1.66 bits per heavy atom. The van der Waals surface area contributed by atoms with Gasteiger partial charge >= 0.3 is 0 Å². The van der Waals surface area contributed by atoms with Gasteiger partial charge in [-0.15, -0.1) is 0 Å². The lowest BCUT2D eigenvalue weighted by molar-refractivity contribution is 0.116. The van der Waals surface area contributed by atoms with Crippen LogP contribution < -0.4 is 10.2 Å². The van der Waals surface area contributed by atoms with Gasteiger partial charge in [-0.2, -0.15) is 0 Å². The Hall–Kier alpha value is -2.36. The summed E-state index contributed by atoms with van der Waals surface area (Å²) in [7, 11) is 0. The minimum atomic E-state index is 0.274. The molecule has 0 aromatic heterocycles. The molecule has 3 heteroatoms. The van der Waals surface area contributed by atoms with E-state index in [1.54, 1.807) is 5.56 Å². The van der Waals surface area contributed by atoms with E-state index in [0.717, 1.165) is 13.2 Å². The number of hydrogen-bond donors (Lipinski definition) is 1. The number of rotatable bonds is 2. The molecular formula is C26H29N3. The molecule has 2 fully saturated rings. The van der Waals surface area contributed by atoms with E-state index in [4.69, 9.17) is 0 Å². The third-order valence-electron chi connectivity index (χ3n) is 7.60.